The molecule has 174 valence electrons. The SMILES string of the molecule is O=C(NCCCCN1CCN(c2ccccc2OCCF)CC1)c1ccc(CCF)cc1. The minimum atomic E-state index is -0.491. The fraction of sp³-hybridized carbons (Fsp3) is 0.480. The fourth-order valence-corrected chi connectivity index (χ4v) is 3.90. The lowest BCUT2D eigenvalue weighted by Gasteiger charge is -2.36. The van der Waals surface area contributed by atoms with Gasteiger partial charge in [0.1, 0.15) is 19.0 Å². The lowest BCUT2D eigenvalue weighted by Crippen LogP contribution is -2.46. The van der Waals surface area contributed by atoms with Gasteiger partial charge in [0, 0.05) is 44.7 Å². The van der Waals surface area contributed by atoms with Crippen molar-refractivity contribution in [3.05, 3.63) is 59.7 Å². The minimum Gasteiger partial charge on any atom is -0.489 e. The van der Waals surface area contributed by atoms with Crippen molar-refractivity contribution in [2.45, 2.75) is 19.3 Å². The molecule has 0 radical (unpaired) electrons. The minimum absolute atomic E-state index is 0.0813. The van der Waals surface area contributed by atoms with E-state index in [2.05, 4.69) is 15.1 Å². The van der Waals surface area contributed by atoms with E-state index >= 15 is 0 Å². The van der Waals surface area contributed by atoms with Gasteiger partial charge in [0.25, 0.3) is 5.91 Å². The second-order valence-electron chi connectivity index (χ2n) is 7.93. The van der Waals surface area contributed by atoms with Crippen LogP contribution in [0.15, 0.2) is 48.5 Å². The van der Waals surface area contributed by atoms with Crippen LogP contribution in [0.3, 0.4) is 0 Å². The van der Waals surface area contributed by atoms with E-state index in [0.717, 1.165) is 62.6 Å². The van der Waals surface area contributed by atoms with Crippen molar-refractivity contribution in [2.24, 2.45) is 0 Å². The molecule has 0 aliphatic carbocycles. The number of ether oxygens (including phenoxy) is 1. The van der Waals surface area contributed by atoms with Gasteiger partial charge in [0.2, 0.25) is 0 Å². The summed E-state index contributed by atoms with van der Waals surface area (Å²) in [5.74, 6) is 0.658. The fourth-order valence-electron chi connectivity index (χ4n) is 3.90. The zero-order valence-corrected chi connectivity index (χ0v) is 18.6. The monoisotopic (exact) mass is 445 g/mol. The van der Waals surface area contributed by atoms with Crippen LogP contribution in [0.5, 0.6) is 5.75 Å². The second-order valence-corrected chi connectivity index (χ2v) is 7.93. The third-order valence-electron chi connectivity index (χ3n) is 5.70. The van der Waals surface area contributed by atoms with Gasteiger partial charge >= 0.3 is 0 Å². The number of hydrogen-bond acceptors (Lipinski definition) is 4. The zero-order valence-electron chi connectivity index (χ0n) is 18.6. The Morgan fingerprint density at radius 2 is 1.69 bits per heavy atom. The number of carbonyl (C=O) groups excluding carboxylic acids is 1. The average molecular weight is 446 g/mol. The molecule has 0 saturated carbocycles. The van der Waals surface area contributed by atoms with Crippen molar-refractivity contribution in [3.63, 3.8) is 0 Å². The van der Waals surface area contributed by atoms with Crippen LogP contribution in [-0.2, 0) is 6.42 Å². The van der Waals surface area contributed by atoms with Crippen LogP contribution in [0.25, 0.3) is 0 Å². The molecule has 0 atom stereocenters. The number of hydrogen-bond donors (Lipinski definition) is 1. The van der Waals surface area contributed by atoms with Gasteiger partial charge in [-0.2, -0.15) is 0 Å². The van der Waals surface area contributed by atoms with Crippen molar-refractivity contribution in [2.75, 3.05) is 64.1 Å². The molecule has 0 bridgehead atoms. The van der Waals surface area contributed by atoms with Crippen molar-refractivity contribution in [3.8, 4) is 5.75 Å². The number of rotatable bonds is 12. The summed E-state index contributed by atoms with van der Waals surface area (Å²) in [4.78, 5) is 16.9. The maximum Gasteiger partial charge on any atom is 0.251 e. The highest BCUT2D eigenvalue weighted by molar-refractivity contribution is 5.94. The molecular formula is C25H33F2N3O2. The maximum absolute atomic E-state index is 12.5. The number of nitrogens with zero attached hydrogens (tertiary/aromatic N) is 2. The van der Waals surface area contributed by atoms with Crippen LogP contribution < -0.4 is 15.0 Å². The summed E-state index contributed by atoms with van der Waals surface area (Å²) < 4.78 is 30.4. The molecule has 1 aliphatic heterocycles. The Morgan fingerprint density at radius 3 is 2.41 bits per heavy atom. The zero-order chi connectivity index (χ0) is 22.6. The number of aryl methyl sites for hydroxylation is 1. The summed E-state index contributed by atoms with van der Waals surface area (Å²) in [6.45, 7) is 4.60. The first kappa shape index (κ1) is 24.0. The first-order chi connectivity index (χ1) is 15.7. The number of amides is 1. The molecule has 1 N–H and O–H groups in total. The Labute approximate surface area is 189 Å². The number of anilines is 1. The molecule has 1 fully saturated rings. The normalized spacial score (nSPS) is 14.4. The molecule has 0 aromatic heterocycles. The number of unbranched alkanes of at least 4 members (excludes halogenated alkanes) is 1. The van der Waals surface area contributed by atoms with E-state index in [1.807, 2.05) is 24.3 Å². The number of para-hydroxylation sites is 2. The first-order valence-electron chi connectivity index (χ1n) is 11.4. The molecule has 7 heteroatoms. The van der Waals surface area contributed by atoms with Crippen molar-refractivity contribution in [1.29, 1.82) is 0 Å². The topological polar surface area (TPSA) is 44.8 Å². The molecule has 0 unspecified atom stereocenters. The highest BCUT2D eigenvalue weighted by Gasteiger charge is 2.19. The van der Waals surface area contributed by atoms with Gasteiger partial charge in [0.15, 0.2) is 0 Å². The molecule has 32 heavy (non-hydrogen) atoms. The van der Waals surface area contributed by atoms with Crippen molar-refractivity contribution >= 4 is 11.6 Å². The molecule has 1 aliphatic rings. The predicted octanol–water partition coefficient (Wildman–Crippen LogP) is 3.88. The average Bonchev–Trinajstić information content (AvgIpc) is 2.84. The van der Waals surface area contributed by atoms with Gasteiger partial charge in [-0.25, -0.2) is 4.39 Å². The van der Waals surface area contributed by atoms with E-state index in [9.17, 15) is 13.6 Å². The van der Waals surface area contributed by atoms with Gasteiger partial charge in [-0.1, -0.05) is 24.3 Å². The number of benzene rings is 2. The Balaban J connectivity index is 1.32. The lowest BCUT2D eigenvalue weighted by molar-refractivity contribution is 0.0952. The Hall–Kier alpha value is -2.67. The van der Waals surface area contributed by atoms with Crippen LogP contribution in [0.4, 0.5) is 14.5 Å². The standard InChI is InChI=1S/C25H33F2N3O2/c26-12-11-21-7-9-22(10-8-21)25(31)28-14-3-4-15-29-16-18-30(19-17-29)23-5-1-2-6-24(23)32-20-13-27/h1-2,5-10H,3-4,11-20H2,(H,28,31). The lowest BCUT2D eigenvalue weighted by atomic mass is 10.1. The molecule has 2 aromatic rings. The van der Waals surface area contributed by atoms with Gasteiger partial charge in [-0.15, -0.1) is 0 Å². The number of alkyl halides is 2. The van der Waals surface area contributed by atoms with Crippen LogP contribution in [0, 0.1) is 0 Å². The third-order valence-corrected chi connectivity index (χ3v) is 5.70. The molecule has 1 heterocycles. The van der Waals surface area contributed by atoms with Crippen molar-refractivity contribution in [1.82, 2.24) is 10.2 Å². The van der Waals surface area contributed by atoms with E-state index in [1.165, 1.54) is 0 Å². The highest BCUT2D eigenvalue weighted by atomic mass is 19.1. The van der Waals surface area contributed by atoms with Crippen LogP contribution >= 0.6 is 0 Å². The third kappa shape index (κ3) is 7.19. The van der Waals surface area contributed by atoms with Crippen LogP contribution in [0.2, 0.25) is 0 Å². The van der Waals surface area contributed by atoms with Crippen molar-refractivity contribution < 1.29 is 18.3 Å². The summed E-state index contributed by atoms with van der Waals surface area (Å²) in [5.41, 5.74) is 2.54. The molecule has 1 saturated heterocycles. The maximum atomic E-state index is 12.5. The van der Waals surface area contributed by atoms with Crippen LogP contribution in [0.1, 0.15) is 28.8 Å². The molecule has 3 rings (SSSR count). The summed E-state index contributed by atoms with van der Waals surface area (Å²) in [7, 11) is 0. The summed E-state index contributed by atoms with van der Waals surface area (Å²) in [6.07, 6.45) is 2.33. The summed E-state index contributed by atoms with van der Waals surface area (Å²) >= 11 is 0. The molecule has 2 aromatic carbocycles. The van der Waals surface area contributed by atoms with E-state index < -0.39 is 6.67 Å². The Bertz CT molecular complexity index is 824. The molecule has 5 nitrogen and oxygen atoms in total. The van der Waals surface area contributed by atoms with Gasteiger partial charge in [-0.3, -0.25) is 14.1 Å². The van der Waals surface area contributed by atoms with E-state index in [4.69, 9.17) is 4.74 Å². The van der Waals surface area contributed by atoms with Crippen LogP contribution in [-0.4, -0.2) is 70.0 Å². The smallest absolute Gasteiger partial charge is 0.251 e. The quantitative estimate of drug-likeness (QED) is 0.504. The van der Waals surface area contributed by atoms with E-state index in [1.54, 1.807) is 24.3 Å². The van der Waals surface area contributed by atoms with Gasteiger partial charge in [0.05, 0.1) is 12.4 Å². The van der Waals surface area contributed by atoms with E-state index in [0.29, 0.717) is 18.5 Å². The number of piperazine rings is 1. The number of halogens is 2. The first-order valence-corrected chi connectivity index (χ1v) is 11.4. The molecular weight excluding hydrogens is 412 g/mol. The summed E-state index contributed by atoms with van der Waals surface area (Å²) in [5, 5.41) is 2.96. The largest absolute Gasteiger partial charge is 0.489 e. The highest BCUT2D eigenvalue weighted by Crippen LogP contribution is 2.28. The summed E-state index contributed by atoms with van der Waals surface area (Å²) in [6, 6.07) is 14.9. The Kier molecular flexibility index (Phi) is 9.75. The van der Waals surface area contributed by atoms with Gasteiger partial charge < -0.3 is 15.0 Å². The second kappa shape index (κ2) is 13.0. The number of nitrogens with one attached hydrogen (secondary N) is 1. The van der Waals surface area contributed by atoms with E-state index in [-0.39, 0.29) is 19.2 Å². The van der Waals surface area contributed by atoms with Gasteiger partial charge in [-0.05, 0) is 49.2 Å². The molecule has 1 amide bonds. The predicted molar refractivity (Wildman–Crippen MR) is 124 cm³/mol. The molecule has 0 spiro atoms. The Morgan fingerprint density at radius 1 is 0.938 bits per heavy atom. The number of carbonyl (C=O) groups is 1.